The monoisotopic (exact) mass is 1100 g/mol. The third kappa shape index (κ3) is 12.5. The number of anilines is 1. The number of aliphatic hydroxyl groups excluding tert-OH is 1. The van der Waals surface area contributed by atoms with Crippen molar-refractivity contribution in [3.8, 4) is 33.5 Å². The first kappa shape index (κ1) is 56.0. The number of benzene rings is 3. The van der Waals surface area contributed by atoms with E-state index in [0.717, 1.165) is 122 Å². The van der Waals surface area contributed by atoms with E-state index in [9.17, 15) is 24.6 Å². The summed E-state index contributed by atoms with van der Waals surface area (Å²) in [6.45, 7) is 15.4. The van der Waals surface area contributed by atoms with E-state index in [1.807, 2.05) is 82.6 Å². The number of hydrogen-bond donors (Lipinski definition) is 5. The average Bonchev–Trinajstić information content (AvgIpc) is 4.39. The second kappa shape index (κ2) is 24.2. The van der Waals surface area contributed by atoms with E-state index in [1.165, 1.54) is 4.90 Å². The molecule has 3 amide bonds. The van der Waals surface area contributed by atoms with Crippen LogP contribution in [0.5, 0.6) is 11.8 Å². The van der Waals surface area contributed by atoms with Crippen LogP contribution < -0.4 is 25.6 Å². The minimum Gasteiger partial charge on any atom is -0.508 e. The number of phenols is 1. The summed E-state index contributed by atoms with van der Waals surface area (Å²) in [4.78, 5) is 67.5. The van der Waals surface area contributed by atoms with Gasteiger partial charge in [0.2, 0.25) is 17.7 Å². The van der Waals surface area contributed by atoms with Crippen LogP contribution in [0.2, 0.25) is 0 Å². The van der Waals surface area contributed by atoms with E-state index in [4.69, 9.17) is 19.7 Å². The van der Waals surface area contributed by atoms with Crippen molar-refractivity contribution in [2.45, 2.75) is 161 Å². The van der Waals surface area contributed by atoms with Crippen molar-refractivity contribution in [1.29, 1.82) is 0 Å². The van der Waals surface area contributed by atoms with E-state index in [2.05, 4.69) is 37.7 Å². The third-order valence-corrected chi connectivity index (χ3v) is 17.6. The number of likely N-dealkylation sites (tertiary alicyclic amines) is 2. The molecule has 5 N–H and O–H groups in total. The molecule has 0 unspecified atom stereocenters. The number of unbranched alkanes of at least 4 members (excludes halogenated alkanes) is 4. The lowest BCUT2D eigenvalue weighted by molar-refractivity contribution is -0.144. The molecule has 7 heterocycles. The van der Waals surface area contributed by atoms with Crippen molar-refractivity contribution in [2.24, 2.45) is 5.41 Å². The van der Waals surface area contributed by atoms with Crippen LogP contribution >= 0.6 is 11.3 Å². The highest BCUT2D eigenvalue weighted by molar-refractivity contribution is 7.13. The predicted molar refractivity (Wildman–Crippen MR) is 308 cm³/mol. The van der Waals surface area contributed by atoms with Gasteiger partial charge in [0, 0.05) is 62.4 Å². The molecule has 6 aromatic rings. The second-order valence-electron chi connectivity index (χ2n) is 23.5. The second-order valence-corrected chi connectivity index (χ2v) is 24.3. The fourth-order valence-corrected chi connectivity index (χ4v) is 13.2. The molecular formula is C61H77FN10O6S. The fraction of sp³-hybridized carbons (Fsp3) is 0.525. The number of aromatic hydroxyl groups is 1. The number of β-amino-alcohol motifs (C(OH)–C–C–N with tert-alkyl or cyclic N) is 1. The fourth-order valence-electron chi connectivity index (χ4n) is 12.4. The number of phenolic OH excluding ortho intramolecular Hbond substituents is 1. The molecule has 4 fully saturated rings. The van der Waals surface area contributed by atoms with E-state index in [1.54, 1.807) is 29.7 Å². The number of rotatable bonds is 20. The largest absolute Gasteiger partial charge is 0.508 e. The maximum Gasteiger partial charge on any atom is 0.319 e. The number of aromatic nitrogens is 4. The highest BCUT2D eigenvalue weighted by Gasteiger charge is 2.45. The molecule has 420 valence electrons. The molecule has 2 bridgehead atoms. The molecule has 18 heteroatoms. The first-order valence-electron chi connectivity index (χ1n) is 28.6. The number of fused-ring (bicyclic) bond motifs is 4. The molecule has 0 saturated carbocycles. The van der Waals surface area contributed by atoms with Gasteiger partial charge in [0.1, 0.15) is 41.5 Å². The summed E-state index contributed by atoms with van der Waals surface area (Å²) in [5, 5.41) is 33.5. The van der Waals surface area contributed by atoms with Gasteiger partial charge in [0.15, 0.2) is 5.82 Å². The minimum absolute atomic E-state index is 0.0146. The number of thiazole rings is 1. The zero-order chi connectivity index (χ0) is 55.5. The van der Waals surface area contributed by atoms with Crippen molar-refractivity contribution >= 4 is 56.6 Å². The van der Waals surface area contributed by atoms with Crippen LogP contribution in [0.1, 0.15) is 128 Å². The summed E-state index contributed by atoms with van der Waals surface area (Å²) in [7, 11) is 0. The van der Waals surface area contributed by atoms with Crippen LogP contribution in [0.15, 0.2) is 66.3 Å². The average molecular weight is 1100 g/mol. The first-order chi connectivity index (χ1) is 38.0. The number of amides is 3. The van der Waals surface area contributed by atoms with E-state index in [-0.39, 0.29) is 72.2 Å². The van der Waals surface area contributed by atoms with Crippen molar-refractivity contribution in [2.75, 3.05) is 44.2 Å². The molecule has 16 nitrogen and oxygen atoms in total. The first-order valence-corrected chi connectivity index (χ1v) is 29.5. The van der Waals surface area contributed by atoms with E-state index >= 15 is 4.39 Å². The molecule has 4 saturated heterocycles. The highest BCUT2D eigenvalue weighted by atomic mass is 32.1. The van der Waals surface area contributed by atoms with Crippen LogP contribution in [0.3, 0.4) is 0 Å². The molecule has 0 aliphatic carbocycles. The quantitative estimate of drug-likeness (QED) is 0.0454. The standard InChI is InChI=1S/C61H77FN10O6S/c1-7-38-15-13-16-41-27-45(73)28-47(51(38)41)53-52(62)54-48(30-63-53)57(71-31-42-23-24-43(32-71)66-42)69-60(68-54)78-34-44-17-14-26-70(44)25-12-10-8-9-11-18-50(75)67-56(61(4,5)6)59(77)72-33-46(74)29-49(72)58(76)65-36(2)39-19-21-40(22-20-39)55-37(3)64-35-79-55/h13,15-16,19-22,27-28,30,35-36,42-44,46,49,56,66,73-74H,7-12,14,17-18,23-26,29,31-34H2,1-6H3,(H,65,76)(H,67,75)/t36-,42-,43+,44-,46+,49-,56+/m0/s1. The number of nitrogens with one attached hydrogen (secondary N) is 3. The highest BCUT2D eigenvalue weighted by Crippen LogP contribution is 2.40. The summed E-state index contributed by atoms with van der Waals surface area (Å²) >= 11 is 1.58. The maximum absolute atomic E-state index is 17.2. The Morgan fingerprint density at radius 3 is 2.44 bits per heavy atom. The molecule has 0 radical (unpaired) electrons. The number of pyridine rings is 1. The number of carbonyl (C=O) groups excluding carboxylic acids is 3. The van der Waals surface area contributed by atoms with Crippen molar-refractivity contribution in [1.82, 2.24) is 45.7 Å². The number of carbonyl (C=O) groups is 3. The lowest BCUT2D eigenvalue weighted by Crippen LogP contribution is -2.57. The maximum atomic E-state index is 17.2. The van der Waals surface area contributed by atoms with Gasteiger partial charge in [-0.3, -0.25) is 24.3 Å². The minimum atomic E-state index is -0.882. The molecule has 4 aliphatic heterocycles. The Morgan fingerprint density at radius 2 is 1.71 bits per heavy atom. The molecule has 79 heavy (non-hydrogen) atoms. The number of aliphatic hydroxyl groups is 1. The Morgan fingerprint density at radius 1 is 0.949 bits per heavy atom. The Hall–Kier alpha value is -6.34. The number of hydrogen-bond acceptors (Lipinski definition) is 14. The lowest BCUT2D eigenvalue weighted by atomic mass is 9.85. The van der Waals surface area contributed by atoms with Crippen LogP contribution in [0.4, 0.5) is 10.2 Å². The van der Waals surface area contributed by atoms with Crippen molar-refractivity contribution in [3.05, 3.63) is 88.9 Å². The predicted octanol–water partition coefficient (Wildman–Crippen LogP) is 9.18. The number of piperazine rings is 1. The van der Waals surface area contributed by atoms with Gasteiger partial charge in [0.05, 0.1) is 33.6 Å². The summed E-state index contributed by atoms with van der Waals surface area (Å²) in [5.74, 6) is -0.835. The molecule has 4 aliphatic rings. The lowest BCUT2D eigenvalue weighted by Gasteiger charge is -2.35. The van der Waals surface area contributed by atoms with Crippen LogP contribution in [0, 0.1) is 18.2 Å². The zero-order valence-corrected chi connectivity index (χ0v) is 47.4. The van der Waals surface area contributed by atoms with Crippen molar-refractivity contribution < 1.29 is 33.7 Å². The number of ether oxygens (including phenoxy) is 1. The molecule has 0 spiro atoms. The summed E-state index contributed by atoms with van der Waals surface area (Å²) in [6.07, 6.45) is 10.6. The van der Waals surface area contributed by atoms with Crippen LogP contribution in [-0.4, -0.2) is 133 Å². The Kier molecular flexibility index (Phi) is 17.1. The molecule has 3 aromatic heterocycles. The SMILES string of the molecule is CCc1cccc2cc(O)cc(-c3ncc4c(N5C[C@H]6CC[C@@H](C5)N6)nc(OC[C@@H]5CCCN5CCCCCCCC(=O)N[C@H](C(=O)N5C[C@H](O)C[C@H]5C(=O)N[C@@H](C)c5ccc(-c6scnc6C)cc5)C(C)(C)C)nc4c3F)c12. The number of halogens is 1. The summed E-state index contributed by atoms with van der Waals surface area (Å²) in [5.41, 5.74) is 5.95. The normalized spacial score (nSPS) is 21.2. The number of nitrogens with zero attached hydrogens (tertiary/aromatic N) is 7. The van der Waals surface area contributed by atoms with Gasteiger partial charge in [-0.15, -0.1) is 11.3 Å². The van der Waals surface area contributed by atoms with Gasteiger partial charge >= 0.3 is 6.01 Å². The zero-order valence-electron chi connectivity index (χ0n) is 46.6. The van der Waals surface area contributed by atoms with Gasteiger partial charge in [-0.05, 0) is 117 Å². The van der Waals surface area contributed by atoms with Gasteiger partial charge in [-0.1, -0.05) is 89.4 Å². The van der Waals surface area contributed by atoms with Crippen molar-refractivity contribution in [3.63, 3.8) is 0 Å². The van der Waals surface area contributed by atoms with Gasteiger partial charge in [-0.25, -0.2) is 9.37 Å². The van der Waals surface area contributed by atoms with Gasteiger partial charge < -0.3 is 40.7 Å². The molecule has 7 atom stereocenters. The van der Waals surface area contributed by atoms with Gasteiger partial charge in [-0.2, -0.15) is 9.97 Å². The Labute approximate surface area is 467 Å². The topological polar surface area (TPSA) is 198 Å². The molecule has 3 aromatic carbocycles. The molecular weight excluding hydrogens is 1020 g/mol. The van der Waals surface area contributed by atoms with E-state index < -0.39 is 29.4 Å². The Balaban J connectivity index is 0.711. The number of aryl methyl sites for hydroxylation is 2. The Bertz CT molecular complexity index is 3160. The van der Waals surface area contributed by atoms with E-state index in [0.29, 0.717) is 41.9 Å². The summed E-state index contributed by atoms with van der Waals surface area (Å²) < 4.78 is 23.6. The van der Waals surface area contributed by atoms with Gasteiger partial charge in [0.25, 0.3) is 0 Å². The summed E-state index contributed by atoms with van der Waals surface area (Å²) in [6, 6.07) is 16.0. The van der Waals surface area contributed by atoms with Crippen LogP contribution in [-0.2, 0) is 20.8 Å². The smallest absolute Gasteiger partial charge is 0.319 e. The molecule has 10 rings (SSSR count). The third-order valence-electron chi connectivity index (χ3n) is 16.7. The van der Waals surface area contributed by atoms with Crippen LogP contribution in [0.25, 0.3) is 43.4 Å².